The van der Waals surface area contributed by atoms with Crippen LogP contribution in [0.5, 0.6) is 0 Å². The largest absolute Gasteiger partial charge is 0.368 e. The second kappa shape index (κ2) is 9.36. The van der Waals surface area contributed by atoms with Gasteiger partial charge in [-0.2, -0.15) is 4.31 Å². The molecule has 0 bridgehead atoms. The number of aromatic nitrogens is 1. The summed E-state index contributed by atoms with van der Waals surface area (Å²) in [6.07, 6.45) is 2.93. The number of anilines is 2. The number of hydrogen-bond acceptors (Lipinski definition) is 5. The summed E-state index contributed by atoms with van der Waals surface area (Å²) in [5, 5.41) is 1.61. The lowest BCUT2D eigenvalue weighted by Crippen LogP contribution is -2.47. The number of aryl methyl sites for hydroxylation is 1. The molecule has 3 aromatic rings. The Balaban J connectivity index is 1.33. The summed E-state index contributed by atoms with van der Waals surface area (Å²) in [5.41, 5.74) is 3.23. The fourth-order valence-electron chi connectivity index (χ4n) is 5.09. The van der Waals surface area contributed by atoms with Gasteiger partial charge >= 0.3 is 0 Å². The maximum absolute atomic E-state index is 13.2. The van der Waals surface area contributed by atoms with E-state index in [-0.39, 0.29) is 6.04 Å². The van der Waals surface area contributed by atoms with Gasteiger partial charge in [0.1, 0.15) is 5.82 Å². The molecule has 0 amide bonds. The lowest BCUT2D eigenvalue weighted by atomic mass is 10.1. The first-order chi connectivity index (χ1) is 16.3. The monoisotopic (exact) mass is 498 g/mol. The number of nitrogens with zero attached hydrogens (tertiary/aromatic N) is 4. The molecule has 2 aromatic carbocycles. The number of piperidine rings is 1. The van der Waals surface area contributed by atoms with E-state index in [1.165, 1.54) is 11.3 Å². The molecule has 2 saturated heterocycles. The maximum Gasteiger partial charge on any atom is 0.243 e. The molecule has 2 aliphatic rings. The van der Waals surface area contributed by atoms with Gasteiger partial charge in [-0.15, -0.1) is 0 Å². The molecule has 0 saturated carbocycles. The minimum absolute atomic E-state index is 0.0457. The summed E-state index contributed by atoms with van der Waals surface area (Å²) in [6, 6.07) is 15.4. The Labute approximate surface area is 207 Å². The van der Waals surface area contributed by atoms with Gasteiger partial charge in [-0.1, -0.05) is 24.1 Å². The van der Waals surface area contributed by atoms with Gasteiger partial charge in [0.05, 0.1) is 10.4 Å². The third-order valence-electron chi connectivity index (χ3n) is 7.11. The third-order valence-corrected chi connectivity index (χ3v) is 9.35. The number of benzene rings is 2. The van der Waals surface area contributed by atoms with Crippen molar-refractivity contribution in [2.45, 2.75) is 44.0 Å². The average Bonchev–Trinajstić information content (AvgIpc) is 2.85. The SMILES string of the molecule is Cc1ccc(Cl)cc1N1CCN(c2ccc3cc(S(=O)(=O)N4CCCC[C@H]4C)ccc3n2)CC1. The lowest BCUT2D eigenvalue weighted by molar-refractivity contribution is 0.268. The molecule has 0 N–H and O–H groups in total. The van der Waals surface area contributed by atoms with Crippen LogP contribution in [0.2, 0.25) is 5.02 Å². The molecule has 3 heterocycles. The predicted octanol–water partition coefficient (Wildman–Crippen LogP) is 5.09. The Bertz CT molecular complexity index is 1310. The summed E-state index contributed by atoms with van der Waals surface area (Å²) in [4.78, 5) is 9.87. The zero-order valence-electron chi connectivity index (χ0n) is 19.7. The van der Waals surface area contributed by atoms with Crippen LogP contribution in [0.3, 0.4) is 0 Å². The molecule has 180 valence electrons. The fourth-order valence-corrected chi connectivity index (χ4v) is 7.00. The van der Waals surface area contributed by atoms with E-state index in [1.807, 2.05) is 37.3 Å². The van der Waals surface area contributed by atoms with Crippen molar-refractivity contribution in [3.05, 3.63) is 59.1 Å². The summed E-state index contributed by atoms with van der Waals surface area (Å²) in [7, 11) is -3.49. The molecule has 1 atom stereocenters. The second-order valence-electron chi connectivity index (χ2n) is 9.39. The number of fused-ring (bicyclic) bond motifs is 1. The molecule has 0 radical (unpaired) electrons. The zero-order valence-corrected chi connectivity index (χ0v) is 21.3. The van der Waals surface area contributed by atoms with Crippen molar-refractivity contribution in [2.24, 2.45) is 0 Å². The van der Waals surface area contributed by atoms with Gasteiger partial charge in [-0.05, 0) is 74.7 Å². The molecule has 1 aromatic heterocycles. The highest BCUT2D eigenvalue weighted by Crippen LogP contribution is 2.29. The van der Waals surface area contributed by atoms with Crippen molar-refractivity contribution >= 4 is 44.0 Å². The minimum Gasteiger partial charge on any atom is -0.368 e. The Morgan fingerprint density at radius 1 is 0.912 bits per heavy atom. The van der Waals surface area contributed by atoms with E-state index in [2.05, 4.69) is 22.8 Å². The number of piperazine rings is 1. The quantitative estimate of drug-likeness (QED) is 0.501. The molecule has 34 heavy (non-hydrogen) atoms. The van der Waals surface area contributed by atoms with Crippen molar-refractivity contribution in [3.8, 4) is 0 Å². The smallest absolute Gasteiger partial charge is 0.243 e. The van der Waals surface area contributed by atoms with Gasteiger partial charge in [0, 0.05) is 54.9 Å². The second-order valence-corrected chi connectivity index (χ2v) is 11.7. The van der Waals surface area contributed by atoms with Crippen LogP contribution in [0.1, 0.15) is 31.7 Å². The maximum atomic E-state index is 13.2. The van der Waals surface area contributed by atoms with Gasteiger partial charge in [-0.25, -0.2) is 13.4 Å². The van der Waals surface area contributed by atoms with E-state index in [1.54, 1.807) is 16.4 Å². The summed E-state index contributed by atoms with van der Waals surface area (Å²) in [6.45, 7) is 8.23. The Morgan fingerprint density at radius 2 is 1.68 bits per heavy atom. The molecular formula is C26H31ClN4O2S. The number of sulfonamides is 1. The van der Waals surface area contributed by atoms with E-state index >= 15 is 0 Å². The predicted molar refractivity (Wildman–Crippen MR) is 140 cm³/mol. The minimum atomic E-state index is -3.49. The normalized spacial score (nSPS) is 20.1. The first kappa shape index (κ1) is 23.4. The van der Waals surface area contributed by atoms with Crippen molar-refractivity contribution in [2.75, 3.05) is 42.5 Å². The standard InChI is InChI=1S/C26H31ClN4O2S/c1-19-6-8-22(27)18-25(19)29-13-15-30(16-14-29)26-11-7-21-17-23(9-10-24(21)28-26)34(32,33)31-12-4-3-5-20(31)2/h6-11,17-18,20H,3-5,12-16H2,1-2H3/t20-/m1/s1. The van der Waals surface area contributed by atoms with Gasteiger partial charge < -0.3 is 9.80 Å². The zero-order chi connectivity index (χ0) is 23.9. The molecule has 2 aliphatic heterocycles. The molecule has 8 heteroatoms. The van der Waals surface area contributed by atoms with E-state index in [0.29, 0.717) is 11.4 Å². The van der Waals surface area contributed by atoms with E-state index in [0.717, 1.165) is 67.2 Å². The Kier molecular flexibility index (Phi) is 6.44. The van der Waals surface area contributed by atoms with Gasteiger partial charge in [-0.3, -0.25) is 0 Å². The molecule has 6 nitrogen and oxygen atoms in total. The van der Waals surface area contributed by atoms with Crippen molar-refractivity contribution in [3.63, 3.8) is 0 Å². The van der Waals surface area contributed by atoms with Crippen LogP contribution in [0, 0.1) is 6.92 Å². The van der Waals surface area contributed by atoms with Crippen LogP contribution >= 0.6 is 11.6 Å². The molecule has 2 fully saturated rings. The molecule has 0 spiro atoms. The molecular weight excluding hydrogens is 468 g/mol. The van der Waals surface area contributed by atoms with Crippen LogP contribution in [0.15, 0.2) is 53.4 Å². The Hall–Kier alpha value is -2.35. The van der Waals surface area contributed by atoms with Crippen LogP contribution in [0.4, 0.5) is 11.5 Å². The number of rotatable bonds is 4. The lowest BCUT2D eigenvalue weighted by Gasteiger charge is -2.37. The van der Waals surface area contributed by atoms with Crippen LogP contribution < -0.4 is 9.80 Å². The number of pyridine rings is 1. The summed E-state index contributed by atoms with van der Waals surface area (Å²) >= 11 is 6.22. The van der Waals surface area contributed by atoms with Gasteiger partial charge in [0.2, 0.25) is 10.0 Å². The first-order valence-electron chi connectivity index (χ1n) is 12.0. The van der Waals surface area contributed by atoms with Crippen LogP contribution in [-0.2, 0) is 10.0 Å². The van der Waals surface area contributed by atoms with Crippen LogP contribution in [0.25, 0.3) is 10.9 Å². The molecule has 0 unspecified atom stereocenters. The van der Waals surface area contributed by atoms with E-state index in [9.17, 15) is 8.42 Å². The van der Waals surface area contributed by atoms with Crippen molar-refractivity contribution in [1.29, 1.82) is 0 Å². The number of halogens is 1. The van der Waals surface area contributed by atoms with Gasteiger partial charge in [0.15, 0.2) is 0 Å². The van der Waals surface area contributed by atoms with Crippen molar-refractivity contribution in [1.82, 2.24) is 9.29 Å². The average molecular weight is 499 g/mol. The highest BCUT2D eigenvalue weighted by molar-refractivity contribution is 7.89. The molecule has 5 rings (SSSR count). The van der Waals surface area contributed by atoms with Crippen molar-refractivity contribution < 1.29 is 8.42 Å². The summed E-state index contributed by atoms with van der Waals surface area (Å²) < 4.78 is 28.1. The summed E-state index contributed by atoms with van der Waals surface area (Å²) in [5.74, 6) is 0.926. The highest BCUT2D eigenvalue weighted by atomic mass is 35.5. The molecule has 0 aliphatic carbocycles. The topological polar surface area (TPSA) is 56.8 Å². The fraction of sp³-hybridized carbons (Fsp3) is 0.423. The van der Waals surface area contributed by atoms with E-state index in [4.69, 9.17) is 16.6 Å². The first-order valence-corrected chi connectivity index (χ1v) is 13.8. The number of hydrogen-bond donors (Lipinski definition) is 0. The van der Waals surface area contributed by atoms with Crippen LogP contribution in [-0.4, -0.2) is 56.5 Å². The van der Waals surface area contributed by atoms with E-state index < -0.39 is 10.0 Å². The Morgan fingerprint density at radius 3 is 2.44 bits per heavy atom. The van der Waals surface area contributed by atoms with Gasteiger partial charge in [0.25, 0.3) is 0 Å². The third kappa shape index (κ3) is 4.49. The highest BCUT2D eigenvalue weighted by Gasteiger charge is 2.31.